The van der Waals surface area contributed by atoms with Crippen molar-refractivity contribution in [1.29, 1.82) is 0 Å². The predicted molar refractivity (Wildman–Crippen MR) is 130 cm³/mol. The number of ether oxygens (including phenoxy) is 1. The fourth-order valence-corrected chi connectivity index (χ4v) is 4.09. The zero-order valence-corrected chi connectivity index (χ0v) is 19.8. The minimum absolute atomic E-state index is 0.000325. The molecule has 2 heterocycles. The van der Waals surface area contributed by atoms with Crippen LogP contribution in [0, 0.1) is 12.7 Å². The van der Waals surface area contributed by atoms with Crippen molar-refractivity contribution in [2.24, 2.45) is 7.05 Å². The number of nitrogens with zero attached hydrogens (tertiary/aromatic N) is 3. The number of pyridine rings is 1. The van der Waals surface area contributed by atoms with Crippen LogP contribution in [-0.2, 0) is 13.6 Å². The Morgan fingerprint density at radius 3 is 2.35 bits per heavy atom. The van der Waals surface area contributed by atoms with Crippen LogP contribution in [0.25, 0.3) is 16.7 Å². The van der Waals surface area contributed by atoms with Crippen LogP contribution in [0.2, 0.25) is 0 Å². The molecule has 0 aliphatic rings. The van der Waals surface area contributed by atoms with Crippen molar-refractivity contribution in [1.82, 2.24) is 13.7 Å². The van der Waals surface area contributed by atoms with Gasteiger partial charge in [0, 0.05) is 19.4 Å². The highest BCUT2D eigenvalue weighted by molar-refractivity contribution is 7.94. The highest BCUT2D eigenvalue weighted by Gasteiger charge is 2.23. The summed E-state index contributed by atoms with van der Waals surface area (Å²) in [4.78, 5) is 39.9. The summed E-state index contributed by atoms with van der Waals surface area (Å²) < 4.78 is 29.0. The fraction of sp³-hybridized carbons (Fsp3) is 0.208. The van der Waals surface area contributed by atoms with Crippen molar-refractivity contribution < 1.29 is 13.3 Å². The first-order chi connectivity index (χ1) is 16.3. The smallest absolute Gasteiger partial charge is 0.337 e. The number of aromatic nitrogens is 3. The first kappa shape index (κ1) is 23.4. The minimum atomic E-state index is -0.785. The Hall–Kier alpha value is -3.79. The van der Waals surface area contributed by atoms with Gasteiger partial charge in [0.2, 0.25) is 0 Å². The van der Waals surface area contributed by atoms with E-state index in [1.807, 2.05) is 0 Å². The van der Waals surface area contributed by atoms with E-state index in [9.17, 15) is 14.4 Å². The lowest BCUT2D eigenvalue weighted by Gasteiger charge is -2.18. The third-order valence-electron chi connectivity index (χ3n) is 5.48. The third-order valence-corrected chi connectivity index (χ3v) is 5.83. The van der Waals surface area contributed by atoms with Crippen LogP contribution in [0.5, 0.6) is 11.5 Å². The summed E-state index contributed by atoms with van der Waals surface area (Å²) in [5, 5.41) is -0.00969. The number of benzene rings is 2. The monoisotopic (exact) mass is 483 g/mol. The first-order valence-corrected chi connectivity index (χ1v) is 11.4. The average molecular weight is 484 g/mol. The molecule has 0 aliphatic carbocycles. The van der Waals surface area contributed by atoms with E-state index in [2.05, 4.69) is 0 Å². The molecule has 4 aromatic rings. The Labute approximate surface area is 198 Å². The number of rotatable bonds is 6. The van der Waals surface area contributed by atoms with Crippen LogP contribution in [0.15, 0.2) is 62.9 Å². The number of fused-ring (bicyclic) bond motifs is 1. The summed E-state index contributed by atoms with van der Waals surface area (Å²) in [5.41, 5.74) is -0.769. The maximum absolute atomic E-state index is 15.1. The van der Waals surface area contributed by atoms with E-state index in [0.717, 1.165) is 25.7 Å². The Morgan fingerprint density at radius 2 is 1.74 bits per heavy atom. The lowest BCUT2D eigenvalue weighted by atomic mass is 10.2. The molecule has 10 heteroatoms. The summed E-state index contributed by atoms with van der Waals surface area (Å²) in [5.74, 6) is -0.0403. The molecule has 0 saturated heterocycles. The van der Waals surface area contributed by atoms with Crippen LogP contribution < -0.4 is 25.7 Å². The lowest BCUT2D eigenvalue weighted by molar-refractivity contribution is 0.414. The van der Waals surface area contributed by atoms with E-state index in [4.69, 9.17) is 8.92 Å². The molecule has 2 aromatic heterocycles. The number of methoxy groups -OCH3 is 1. The van der Waals surface area contributed by atoms with Gasteiger partial charge >= 0.3 is 5.69 Å². The Bertz CT molecular complexity index is 1570. The summed E-state index contributed by atoms with van der Waals surface area (Å²) in [6.07, 6.45) is 1.63. The summed E-state index contributed by atoms with van der Waals surface area (Å²) in [6, 6.07) is 12.4. The van der Waals surface area contributed by atoms with Crippen LogP contribution in [0.4, 0.5) is 4.39 Å². The number of aryl methyl sites for hydroxylation is 2. The molecule has 4 rings (SSSR count). The Morgan fingerprint density at radius 1 is 1.03 bits per heavy atom. The molecule has 0 aliphatic heterocycles. The second-order valence-electron chi connectivity index (χ2n) is 7.67. The Kier molecular flexibility index (Phi) is 6.34. The third kappa shape index (κ3) is 4.01. The average Bonchev–Trinajstić information content (AvgIpc) is 2.81. The van der Waals surface area contributed by atoms with Gasteiger partial charge in [-0.1, -0.05) is 18.2 Å². The molecule has 0 bridgehead atoms. The predicted octanol–water partition coefficient (Wildman–Crippen LogP) is 3.01. The van der Waals surface area contributed by atoms with E-state index in [-0.39, 0.29) is 29.0 Å². The molecular formula is C24H22FN3O5S. The molecule has 0 unspecified atom stereocenters. The van der Waals surface area contributed by atoms with Gasteiger partial charge in [0.15, 0.2) is 5.75 Å². The van der Waals surface area contributed by atoms with Crippen molar-refractivity contribution >= 4 is 23.1 Å². The van der Waals surface area contributed by atoms with Gasteiger partial charge in [-0.2, -0.15) is 0 Å². The molecule has 0 N–H and O–H groups in total. The highest BCUT2D eigenvalue weighted by Crippen LogP contribution is 2.25. The van der Waals surface area contributed by atoms with E-state index in [1.54, 1.807) is 43.5 Å². The van der Waals surface area contributed by atoms with Gasteiger partial charge in [-0.05, 0) is 42.3 Å². The van der Waals surface area contributed by atoms with Crippen LogP contribution in [-0.4, -0.2) is 27.1 Å². The zero-order chi connectivity index (χ0) is 24.6. The van der Waals surface area contributed by atoms with Gasteiger partial charge in [-0.3, -0.25) is 18.7 Å². The van der Waals surface area contributed by atoms with Crippen molar-refractivity contribution in [2.75, 3.05) is 13.4 Å². The summed E-state index contributed by atoms with van der Waals surface area (Å²) in [7, 11) is 2.96. The number of hydrogen-bond donors (Lipinski definition) is 0. The first-order valence-electron chi connectivity index (χ1n) is 10.3. The standard InChI is InChI=1S/C24H22FN3O5S/c1-14-5-10-18(17(25)11-14)28-22-21(19(33-34-4)12-20(29)26(22)2)23(30)27(24(28)31)13-15-6-8-16(32-3)9-7-15/h5-12H,13H2,1-4H3. The highest BCUT2D eigenvalue weighted by atomic mass is 32.2. The summed E-state index contributed by atoms with van der Waals surface area (Å²) >= 11 is 0.946. The minimum Gasteiger partial charge on any atom is -0.497 e. The molecule has 0 amide bonds. The molecular weight excluding hydrogens is 461 g/mol. The van der Waals surface area contributed by atoms with Crippen molar-refractivity contribution in [2.45, 2.75) is 13.5 Å². The van der Waals surface area contributed by atoms with Crippen molar-refractivity contribution in [3.8, 4) is 17.2 Å². The molecule has 2 aromatic carbocycles. The number of halogens is 1. The molecule has 0 radical (unpaired) electrons. The van der Waals surface area contributed by atoms with Gasteiger partial charge < -0.3 is 8.92 Å². The topological polar surface area (TPSA) is 84.5 Å². The zero-order valence-electron chi connectivity index (χ0n) is 19.0. The SMILES string of the molecule is COc1ccc(Cn2c(=O)c3c(OSC)cc(=O)n(C)c3n(-c3ccc(C)cc3F)c2=O)cc1. The van der Waals surface area contributed by atoms with Crippen LogP contribution >= 0.6 is 12.0 Å². The largest absolute Gasteiger partial charge is 0.497 e. The maximum atomic E-state index is 15.1. The fourth-order valence-electron chi connectivity index (χ4n) is 3.78. The van der Waals surface area contributed by atoms with Crippen LogP contribution in [0.1, 0.15) is 11.1 Å². The quantitative estimate of drug-likeness (QED) is 0.392. The van der Waals surface area contributed by atoms with Gasteiger partial charge in [0.05, 0.1) is 31.4 Å². The van der Waals surface area contributed by atoms with Gasteiger partial charge in [0.1, 0.15) is 22.6 Å². The molecule has 34 heavy (non-hydrogen) atoms. The molecule has 0 spiro atoms. The number of hydrogen-bond acceptors (Lipinski definition) is 6. The van der Waals surface area contributed by atoms with Crippen molar-refractivity contribution in [3.05, 3.63) is 96.7 Å². The second-order valence-corrected chi connectivity index (χ2v) is 8.17. The van der Waals surface area contributed by atoms with Crippen LogP contribution in [0.3, 0.4) is 0 Å². The van der Waals surface area contributed by atoms with E-state index in [1.165, 1.54) is 32.4 Å². The van der Waals surface area contributed by atoms with Gasteiger partial charge in [-0.15, -0.1) is 0 Å². The molecule has 176 valence electrons. The van der Waals surface area contributed by atoms with Crippen molar-refractivity contribution in [3.63, 3.8) is 0 Å². The van der Waals surface area contributed by atoms with Gasteiger partial charge in [0.25, 0.3) is 11.1 Å². The van der Waals surface area contributed by atoms with E-state index in [0.29, 0.717) is 16.9 Å². The van der Waals surface area contributed by atoms with Gasteiger partial charge in [-0.25, -0.2) is 13.8 Å². The molecule has 8 nitrogen and oxygen atoms in total. The molecule has 0 atom stereocenters. The second kappa shape index (κ2) is 9.22. The van der Waals surface area contributed by atoms with E-state index >= 15 is 4.39 Å². The lowest BCUT2D eigenvalue weighted by Crippen LogP contribution is -2.42. The Balaban J connectivity index is 2.14. The van der Waals surface area contributed by atoms with E-state index < -0.39 is 22.6 Å². The molecule has 0 saturated carbocycles. The molecule has 0 fully saturated rings. The maximum Gasteiger partial charge on any atom is 0.337 e. The normalized spacial score (nSPS) is 11.1. The summed E-state index contributed by atoms with van der Waals surface area (Å²) in [6.45, 7) is 1.64.